The standard InChI is InChI=1S/C23H18ClN3O5/c1-30-19-11-14(10-16(24)21(19)31-12-20(25)28)22(29)26-15-8-6-13(7-9-15)23-27-17-4-2-3-5-18(17)32-23/h2-11H,12H2,1H3,(H2,25,28)(H,26,29). The molecule has 9 heteroatoms. The van der Waals surface area contributed by atoms with Gasteiger partial charge in [0.1, 0.15) is 5.52 Å². The van der Waals surface area contributed by atoms with Gasteiger partial charge in [-0.2, -0.15) is 0 Å². The molecule has 0 unspecified atom stereocenters. The lowest BCUT2D eigenvalue weighted by atomic mass is 10.1. The first-order valence-electron chi connectivity index (χ1n) is 9.50. The number of nitrogens with zero attached hydrogens (tertiary/aromatic N) is 1. The number of ether oxygens (including phenoxy) is 2. The van der Waals surface area contributed by atoms with Gasteiger partial charge in [0.2, 0.25) is 5.89 Å². The van der Waals surface area contributed by atoms with Crippen molar-refractivity contribution in [2.45, 2.75) is 0 Å². The second-order valence-electron chi connectivity index (χ2n) is 6.76. The molecular formula is C23H18ClN3O5. The third-order valence-electron chi connectivity index (χ3n) is 4.53. The van der Waals surface area contributed by atoms with Crippen LogP contribution in [0.1, 0.15) is 10.4 Å². The van der Waals surface area contributed by atoms with Gasteiger partial charge in [-0.1, -0.05) is 23.7 Å². The first kappa shape index (κ1) is 21.2. The Morgan fingerprint density at radius 2 is 1.88 bits per heavy atom. The minimum atomic E-state index is -0.661. The molecule has 4 aromatic rings. The first-order chi connectivity index (χ1) is 15.4. The predicted octanol–water partition coefficient (Wildman–Crippen LogP) is 4.27. The molecule has 0 fully saturated rings. The number of hydrogen-bond acceptors (Lipinski definition) is 6. The summed E-state index contributed by atoms with van der Waals surface area (Å²) in [5.74, 6) is -0.234. The summed E-state index contributed by atoms with van der Waals surface area (Å²) in [4.78, 5) is 28.1. The monoisotopic (exact) mass is 451 g/mol. The normalized spacial score (nSPS) is 10.7. The molecule has 3 aromatic carbocycles. The van der Waals surface area contributed by atoms with Crippen molar-refractivity contribution in [3.63, 3.8) is 0 Å². The van der Waals surface area contributed by atoms with Gasteiger partial charge in [-0.3, -0.25) is 9.59 Å². The number of carbonyl (C=O) groups is 2. The van der Waals surface area contributed by atoms with E-state index in [1.165, 1.54) is 19.2 Å². The smallest absolute Gasteiger partial charge is 0.255 e. The van der Waals surface area contributed by atoms with E-state index in [4.69, 9.17) is 31.2 Å². The van der Waals surface area contributed by atoms with Crippen molar-refractivity contribution in [1.82, 2.24) is 4.98 Å². The van der Waals surface area contributed by atoms with Crippen LogP contribution in [0.2, 0.25) is 5.02 Å². The molecule has 0 spiro atoms. The topological polar surface area (TPSA) is 117 Å². The molecule has 1 heterocycles. The maximum Gasteiger partial charge on any atom is 0.255 e. The molecule has 0 saturated heterocycles. The molecule has 0 aliphatic rings. The molecule has 4 rings (SSSR count). The number of rotatable bonds is 7. The quantitative estimate of drug-likeness (QED) is 0.433. The first-order valence-corrected chi connectivity index (χ1v) is 9.88. The van der Waals surface area contributed by atoms with Crippen LogP contribution in [-0.2, 0) is 4.79 Å². The summed E-state index contributed by atoms with van der Waals surface area (Å²) < 4.78 is 16.3. The van der Waals surface area contributed by atoms with Crippen molar-refractivity contribution >= 4 is 40.2 Å². The number of nitrogens with one attached hydrogen (secondary N) is 1. The molecule has 162 valence electrons. The molecule has 0 atom stereocenters. The summed E-state index contributed by atoms with van der Waals surface area (Å²) in [6.07, 6.45) is 0. The van der Waals surface area contributed by atoms with Crippen molar-refractivity contribution in [1.29, 1.82) is 0 Å². The predicted molar refractivity (Wildman–Crippen MR) is 120 cm³/mol. The second-order valence-corrected chi connectivity index (χ2v) is 7.17. The van der Waals surface area contributed by atoms with Gasteiger partial charge >= 0.3 is 0 Å². The number of methoxy groups -OCH3 is 1. The largest absolute Gasteiger partial charge is 0.493 e. The number of nitrogens with two attached hydrogens (primary N) is 1. The van der Waals surface area contributed by atoms with E-state index in [-0.39, 0.29) is 28.7 Å². The molecule has 2 amide bonds. The average Bonchev–Trinajstić information content (AvgIpc) is 3.22. The fourth-order valence-corrected chi connectivity index (χ4v) is 3.29. The lowest BCUT2D eigenvalue weighted by Gasteiger charge is -2.13. The number of benzene rings is 3. The summed E-state index contributed by atoms with van der Waals surface area (Å²) in [6, 6.07) is 17.5. The van der Waals surface area contributed by atoms with Crippen LogP contribution in [0.3, 0.4) is 0 Å². The summed E-state index contributed by atoms with van der Waals surface area (Å²) in [6.45, 7) is -0.367. The Balaban J connectivity index is 1.51. The number of primary amides is 1. The Hall–Kier alpha value is -4.04. The number of amides is 2. The number of hydrogen-bond donors (Lipinski definition) is 2. The van der Waals surface area contributed by atoms with E-state index < -0.39 is 11.8 Å². The van der Waals surface area contributed by atoms with Crippen molar-refractivity contribution in [2.24, 2.45) is 5.73 Å². The third kappa shape index (κ3) is 4.50. The van der Waals surface area contributed by atoms with Crippen molar-refractivity contribution < 1.29 is 23.5 Å². The maximum atomic E-state index is 12.7. The van der Waals surface area contributed by atoms with E-state index in [1.807, 2.05) is 24.3 Å². The Morgan fingerprint density at radius 3 is 2.56 bits per heavy atom. The molecule has 0 aliphatic heterocycles. The number of anilines is 1. The van der Waals surface area contributed by atoms with Crippen molar-refractivity contribution in [2.75, 3.05) is 19.0 Å². The van der Waals surface area contributed by atoms with Crippen molar-refractivity contribution in [3.05, 3.63) is 71.2 Å². The molecule has 1 aromatic heterocycles. The highest BCUT2D eigenvalue weighted by Crippen LogP contribution is 2.36. The molecule has 0 aliphatic carbocycles. The van der Waals surface area contributed by atoms with E-state index in [2.05, 4.69) is 10.3 Å². The molecule has 0 saturated carbocycles. The third-order valence-corrected chi connectivity index (χ3v) is 4.81. The van der Waals surface area contributed by atoms with E-state index in [9.17, 15) is 9.59 Å². The molecule has 32 heavy (non-hydrogen) atoms. The summed E-state index contributed by atoms with van der Waals surface area (Å²) in [5, 5.41) is 2.91. The van der Waals surface area contributed by atoms with Crippen LogP contribution in [0.5, 0.6) is 11.5 Å². The van der Waals surface area contributed by atoms with E-state index in [1.54, 1.807) is 24.3 Å². The second kappa shape index (κ2) is 8.99. The summed E-state index contributed by atoms with van der Waals surface area (Å²) >= 11 is 6.21. The highest BCUT2D eigenvalue weighted by atomic mass is 35.5. The highest BCUT2D eigenvalue weighted by Gasteiger charge is 2.17. The van der Waals surface area contributed by atoms with Crippen LogP contribution >= 0.6 is 11.6 Å². The molecule has 3 N–H and O–H groups in total. The van der Waals surface area contributed by atoms with Gasteiger partial charge in [0.05, 0.1) is 12.1 Å². The number of oxazole rings is 1. The van der Waals surface area contributed by atoms with Crippen LogP contribution in [0, 0.1) is 0 Å². The summed E-state index contributed by atoms with van der Waals surface area (Å²) in [7, 11) is 1.40. The molecule has 0 bridgehead atoms. The molecule has 8 nitrogen and oxygen atoms in total. The van der Waals surface area contributed by atoms with Gasteiger partial charge in [-0.25, -0.2) is 4.98 Å². The fourth-order valence-electron chi connectivity index (χ4n) is 3.03. The Kier molecular flexibility index (Phi) is 5.96. The number of carbonyl (C=O) groups excluding carboxylic acids is 2. The maximum absolute atomic E-state index is 12.7. The minimum Gasteiger partial charge on any atom is -0.493 e. The molecule has 0 radical (unpaired) electrons. The van der Waals surface area contributed by atoms with Crippen LogP contribution in [0.4, 0.5) is 5.69 Å². The van der Waals surface area contributed by atoms with E-state index >= 15 is 0 Å². The lowest BCUT2D eigenvalue weighted by molar-refractivity contribution is -0.119. The van der Waals surface area contributed by atoms with Gasteiger partial charge in [0.15, 0.2) is 23.7 Å². The zero-order valence-corrected chi connectivity index (χ0v) is 17.7. The Bertz CT molecular complexity index is 1270. The summed E-state index contributed by atoms with van der Waals surface area (Å²) in [5.41, 5.74) is 8.16. The van der Waals surface area contributed by atoms with Crippen molar-refractivity contribution in [3.8, 4) is 23.0 Å². The van der Waals surface area contributed by atoms with Gasteiger partial charge in [-0.15, -0.1) is 0 Å². The zero-order chi connectivity index (χ0) is 22.7. The number of fused-ring (bicyclic) bond motifs is 1. The number of aromatic nitrogens is 1. The fraction of sp³-hybridized carbons (Fsp3) is 0.0870. The van der Waals surface area contributed by atoms with Crippen LogP contribution < -0.4 is 20.5 Å². The van der Waals surface area contributed by atoms with Gasteiger partial charge in [-0.05, 0) is 48.5 Å². The van der Waals surface area contributed by atoms with Crippen LogP contribution in [0.25, 0.3) is 22.6 Å². The van der Waals surface area contributed by atoms with Crippen LogP contribution in [-0.4, -0.2) is 30.5 Å². The molecular weight excluding hydrogens is 434 g/mol. The Labute approximate surface area is 187 Å². The lowest BCUT2D eigenvalue weighted by Crippen LogP contribution is -2.20. The van der Waals surface area contributed by atoms with E-state index in [0.29, 0.717) is 17.2 Å². The minimum absolute atomic E-state index is 0.113. The van der Waals surface area contributed by atoms with Crippen LogP contribution in [0.15, 0.2) is 65.1 Å². The van der Waals surface area contributed by atoms with Gasteiger partial charge < -0.3 is 24.9 Å². The zero-order valence-electron chi connectivity index (χ0n) is 16.9. The van der Waals surface area contributed by atoms with Gasteiger partial charge in [0, 0.05) is 16.8 Å². The Morgan fingerprint density at radius 1 is 1.12 bits per heavy atom. The average molecular weight is 452 g/mol. The highest BCUT2D eigenvalue weighted by molar-refractivity contribution is 6.32. The number of para-hydroxylation sites is 2. The number of halogens is 1. The van der Waals surface area contributed by atoms with E-state index in [0.717, 1.165) is 11.1 Å². The van der Waals surface area contributed by atoms with Gasteiger partial charge in [0.25, 0.3) is 11.8 Å². The SMILES string of the molecule is COc1cc(C(=O)Nc2ccc(-c3nc4ccccc4o3)cc2)cc(Cl)c1OCC(N)=O.